The van der Waals surface area contributed by atoms with Crippen LogP contribution in [0.3, 0.4) is 0 Å². The maximum atomic E-state index is 12.6. The molecule has 2 amide bonds. The van der Waals surface area contributed by atoms with Gasteiger partial charge >= 0.3 is 0 Å². The van der Waals surface area contributed by atoms with Crippen LogP contribution in [0.2, 0.25) is 0 Å². The molecular formula is C19H24N2O3. The molecule has 1 aromatic carbocycles. The van der Waals surface area contributed by atoms with Crippen molar-refractivity contribution < 1.29 is 14.7 Å². The van der Waals surface area contributed by atoms with Gasteiger partial charge in [-0.05, 0) is 55.7 Å². The van der Waals surface area contributed by atoms with Gasteiger partial charge in [0.1, 0.15) is 5.75 Å². The predicted octanol–water partition coefficient (Wildman–Crippen LogP) is 2.14. The maximum absolute atomic E-state index is 12.6. The average molecular weight is 328 g/mol. The van der Waals surface area contributed by atoms with Gasteiger partial charge in [0.2, 0.25) is 11.8 Å². The average Bonchev–Trinajstić information content (AvgIpc) is 3.37. The third-order valence-corrected chi connectivity index (χ3v) is 5.67. The van der Waals surface area contributed by atoms with Crippen molar-refractivity contribution in [2.45, 2.75) is 44.6 Å². The van der Waals surface area contributed by atoms with Gasteiger partial charge in [-0.15, -0.1) is 0 Å². The number of carbonyl (C=O) groups excluding carboxylic acids is 2. The van der Waals surface area contributed by atoms with Crippen LogP contribution in [-0.4, -0.2) is 34.9 Å². The van der Waals surface area contributed by atoms with Crippen LogP contribution in [0, 0.1) is 11.8 Å². The highest BCUT2D eigenvalue weighted by molar-refractivity contribution is 5.82. The van der Waals surface area contributed by atoms with E-state index in [2.05, 4.69) is 5.32 Å². The molecule has 0 spiro atoms. The van der Waals surface area contributed by atoms with Gasteiger partial charge in [0.05, 0.1) is 6.04 Å². The summed E-state index contributed by atoms with van der Waals surface area (Å²) in [5.41, 5.74) is 2.01. The van der Waals surface area contributed by atoms with E-state index in [1.165, 1.54) is 0 Å². The largest absolute Gasteiger partial charge is 0.508 e. The SMILES string of the molecule is O=C(NC1CCc2c(O)cccc21)C1CCN(C(=O)C2CC2)CC1. The lowest BCUT2D eigenvalue weighted by atomic mass is 9.95. The van der Waals surface area contributed by atoms with Gasteiger partial charge in [0.25, 0.3) is 0 Å². The van der Waals surface area contributed by atoms with Gasteiger partial charge in [-0.2, -0.15) is 0 Å². The van der Waals surface area contributed by atoms with Crippen molar-refractivity contribution in [2.75, 3.05) is 13.1 Å². The zero-order chi connectivity index (χ0) is 16.7. The lowest BCUT2D eigenvalue weighted by molar-refractivity contribution is -0.136. The van der Waals surface area contributed by atoms with Crippen LogP contribution < -0.4 is 5.32 Å². The number of likely N-dealkylation sites (tertiary alicyclic amines) is 1. The Morgan fingerprint density at radius 1 is 1.04 bits per heavy atom. The van der Waals surface area contributed by atoms with Gasteiger partial charge < -0.3 is 15.3 Å². The van der Waals surface area contributed by atoms with E-state index in [-0.39, 0.29) is 29.7 Å². The molecule has 24 heavy (non-hydrogen) atoms. The van der Waals surface area contributed by atoms with Crippen molar-refractivity contribution >= 4 is 11.8 Å². The smallest absolute Gasteiger partial charge is 0.225 e. The van der Waals surface area contributed by atoms with Crippen molar-refractivity contribution in [3.8, 4) is 5.75 Å². The Kier molecular flexibility index (Phi) is 3.94. The highest BCUT2D eigenvalue weighted by Crippen LogP contribution is 2.37. The van der Waals surface area contributed by atoms with Crippen molar-refractivity contribution in [3.05, 3.63) is 29.3 Å². The molecule has 5 nitrogen and oxygen atoms in total. The third kappa shape index (κ3) is 2.87. The van der Waals surface area contributed by atoms with Crippen LogP contribution in [0.5, 0.6) is 5.75 Å². The third-order valence-electron chi connectivity index (χ3n) is 5.67. The fraction of sp³-hybridized carbons (Fsp3) is 0.579. The van der Waals surface area contributed by atoms with Crippen molar-refractivity contribution in [1.82, 2.24) is 10.2 Å². The molecule has 1 heterocycles. The molecule has 4 rings (SSSR count). The molecule has 0 aromatic heterocycles. The van der Waals surface area contributed by atoms with E-state index in [1.54, 1.807) is 6.07 Å². The van der Waals surface area contributed by atoms with Crippen LogP contribution in [0.25, 0.3) is 0 Å². The zero-order valence-electron chi connectivity index (χ0n) is 13.8. The number of piperidine rings is 1. The number of phenolic OH excluding ortho intramolecular Hbond substituents is 1. The molecule has 0 radical (unpaired) electrons. The summed E-state index contributed by atoms with van der Waals surface area (Å²) < 4.78 is 0. The number of nitrogens with zero attached hydrogens (tertiary/aromatic N) is 1. The molecule has 2 aliphatic carbocycles. The van der Waals surface area contributed by atoms with E-state index in [0.717, 1.165) is 49.7 Å². The van der Waals surface area contributed by atoms with Crippen molar-refractivity contribution in [3.63, 3.8) is 0 Å². The number of fused-ring (bicyclic) bond motifs is 1. The first-order valence-electron chi connectivity index (χ1n) is 9.03. The second kappa shape index (κ2) is 6.11. The van der Waals surface area contributed by atoms with Crippen LogP contribution in [0.1, 0.15) is 49.3 Å². The van der Waals surface area contributed by atoms with Gasteiger partial charge in [-0.3, -0.25) is 9.59 Å². The van der Waals surface area contributed by atoms with Crippen molar-refractivity contribution in [1.29, 1.82) is 0 Å². The molecular weight excluding hydrogens is 304 g/mol. The second-order valence-electron chi connectivity index (χ2n) is 7.32. The zero-order valence-corrected chi connectivity index (χ0v) is 13.8. The first kappa shape index (κ1) is 15.5. The number of hydrogen-bond acceptors (Lipinski definition) is 3. The normalized spacial score (nSPS) is 23.8. The van der Waals surface area contributed by atoms with Crippen LogP contribution >= 0.6 is 0 Å². The van der Waals surface area contributed by atoms with Gasteiger partial charge in [-0.25, -0.2) is 0 Å². The summed E-state index contributed by atoms with van der Waals surface area (Å²) in [5, 5.41) is 13.1. The molecule has 2 N–H and O–H groups in total. The first-order valence-corrected chi connectivity index (χ1v) is 9.03. The van der Waals surface area contributed by atoms with Gasteiger partial charge in [-0.1, -0.05) is 12.1 Å². The number of benzene rings is 1. The fourth-order valence-corrected chi connectivity index (χ4v) is 4.03. The lowest BCUT2D eigenvalue weighted by Crippen LogP contribution is -2.44. The molecule has 1 saturated carbocycles. The summed E-state index contributed by atoms with van der Waals surface area (Å²) in [6, 6.07) is 5.53. The topological polar surface area (TPSA) is 69.6 Å². The van der Waals surface area contributed by atoms with Gasteiger partial charge in [0, 0.05) is 24.9 Å². The van der Waals surface area contributed by atoms with Crippen LogP contribution in [0.15, 0.2) is 18.2 Å². The molecule has 1 unspecified atom stereocenters. The summed E-state index contributed by atoms with van der Waals surface area (Å²) in [6.07, 6.45) is 5.23. The highest BCUT2D eigenvalue weighted by atomic mass is 16.3. The summed E-state index contributed by atoms with van der Waals surface area (Å²) in [5.74, 6) is 0.965. The maximum Gasteiger partial charge on any atom is 0.225 e. The molecule has 0 bridgehead atoms. The molecule has 3 aliphatic rings. The van der Waals surface area contributed by atoms with E-state index in [1.807, 2.05) is 17.0 Å². The standard InChI is InChI=1S/C19H24N2O3/c22-17-3-1-2-14-15(17)6-7-16(14)20-18(23)12-8-10-21(11-9-12)19(24)13-4-5-13/h1-3,12-13,16,22H,4-11H2,(H,20,23). The fourth-order valence-electron chi connectivity index (χ4n) is 4.03. The summed E-state index contributed by atoms with van der Waals surface area (Å²) in [4.78, 5) is 26.6. The highest BCUT2D eigenvalue weighted by Gasteiger charge is 2.36. The monoisotopic (exact) mass is 328 g/mol. The second-order valence-corrected chi connectivity index (χ2v) is 7.32. The molecule has 128 valence electrons. The number of carbonyl (C=O) groups is 2. The van der Waals surface area contributed by atoms with E-state index in [9.17, 15) is 14.7 Å². The summed E-state index contributed by atoms with van der Waals surface area (Å²) >= 11 is 0. The molecule has 2 fully saturated rings. The number of nitrogens with one attached hydrogen (secondary N) is 1. The molecule has 1 aliphatic heterocycles. The van der Waals surface area contributed by atoms with E-state index >= 15 is 0 Å². The Bertz CT molecular complexity index is 661. The Hall–Kier alpha value is -2.04. The number of hydrogen-bond donors (Lipinski definition) is 2. The molecule has 1 aromatic rings. The van der Waals surface area contributed by atoms with E-state index < -0.39 is 0 Å². The Labute approximate surface area is 142 Å². The number of aromatic hydroxyl groups is 1. The summed E-state index contributed by atoms with van der Waals surface area (Å²) in [7, 11) is 0. The predicted molar refractivity (Wildman–Crippen MR) is 89.3 cm³/mol. The lowest BCUT2D eigenvalue weighted by Gasteiger charge is -2.32. The summed E-state index contributed by atoms with van der Waals surface area (Å²) in [6.45, 7) is 1.41. The Morgan fingerprint density at radius 2 is 1.79 bits per heavy atom. The van der Waals surface area contributed by atoms with E-state index in [0.29, 0.717) is 18.8 Å². The van der Waals surface area contributed by atoms with Crippen molar-refractivity contribution in [2.24, 2.45) is 11.8 Å². The van der Waals surface area contributed by atoms with Gasteiger partial charge in [0.15, 0.2) is 0 Å². The quantitative estimate of drug-likeness (QED) is 0.893. The van der Waals surface area contributed by atoms with Crippen LogP contribution in [0.4, 0.5) is 0 Å². The molecule has 1 atom stereocenters. The van der Waals surface area contributed by atoms with Crippen LogP contribution in [-0.2, 0) is 16.0 Å². The Morgan fingerprint density at radius 3 is 2.50 bits per heavy atom. The minimum atomic E-state index is -0.00499. The number of amides is 2. The molecule has 5 heteroatoms. The Balaban J connectivity index is 1.33. The minimum Gasteiger partial charge on any atom is -0.508 e. The minimum absolute atomic E-state index is 0.00499. The molecule has 1 saturated heterocycles. The number of phenols is 1. The van der Waals surface area contributed by atoms with E-state index in [4.69, 9.17) is 0 Å². The number of rotatable bonds is 3. The first-order chi connectivity index (χ1) is 11.6.